The highest BCUT2D eigenvalue weighted by molar-refractivity contribution is 4.37. The van der Waals surface area contributed by atoms with Crippen LogP contribution in [0.25, 0.3) is 0 Å². The van der Waals surface area contributed by atoms with Gasteiger partial charge in [-0.3, -0.25) is 0 Å². The van der Waals surface area contributed by atoms with Crippen LogP contribution in [0.4, 0.5) is 0 Å². The van der Waals surface area contributed by atoms with Gasteiger partial charge in [0.05, 0.1) is 27.2 Å². The standard InChI is InChI=1S/C7H18NO2.ClH/c1-4-8(2,3)6-5-7(9)10;/h7,9-10H,4-6H2,1-3H3;1H/q+1;/p-1. The maximum atomic E-state index is 8.56. The summed E-state index contributed by atoms with van der Waals surface area (Å²) in [6, 6.07) is 0. The molecule has 0 aliphatic rings. The Morgan fingerprint density at radius 3 is 2.00 bits per heavy atom. The molecule has 0 aromatic carbocycles. The van der Waals surface area contributed by atoms with E-state index in [1.807, 2.05) is 0 Å². The van der Waals surface area contributed by atoms with Gasteiger partial charge in [0, 0.05) is 6.42 Å². The highest BCUT2D eigenvalue weighted by atomic mass is 35.5. The molecule has 0 spiro atoms. The predicted molar refractivity (Wildman–Crippen MR) is 40.4 cm³/mol. The van der Waals surface area contributed by atoms with Crippen molar-refractivity contribution in [1.82, 2.24) is 0 Å². The monoisotopic (exact) mass is 183 g/mol. The van der Waals surface area contributed by atoms with E-state index in [1.165, 1.54) is 0 Å². The molecule has 0 aliphatic carbocycles. The molecular formula is C7H18ClNO2. The summed E-state index contributed by atoms with van der Waals surface area (Å²) in [6.07, 6.45) is -0.690. The Morgan fingerprint density at radius 1 is 1.27 bits per heavy atom. The summed E-state index contributed by atoms with van der Waals surface area (Å²) in [7, 11) is 4.14. The number of rotatable bonds is 4. The van der Waals surface area contributed by atoms with Crippen molar-refractivity contribution in [3.8, 4) is 0 Å². The highest BCUT2D eigenvalue weighted by Crippen LogP contribution is 1.99. The molecule has 0 saturated carbocycles. The van der Waals surface area contributed by atoms with Crippen LogP contribution in [0, 0.1) is 0 Å². The second-order valence-corrected chi connectivity index (χ2v) is 3.24. The zero-order valence-corrected chi connectivity index (χ0v) is 8.17. The van der Waals surface area contributed by atoms with Crippen molar-refractivity contribution in [2.45, 2.75) is 19.6 Å². The van der Waals surface area contributed by atoms with Gasteiger partial charge in [0.15, 0.2) is 6.29 Å². The average molecular weight is 184 g/mol. The fourth-order valence-corrected chi connectivity index (χ4v) is 0.623. The van der Waals surface area contributed by atoms with E-state index in [0.717, 1.165) is 17.6 Å². The molecule has 0 aromatic heterocycles. The molecule has 0 aromatic rings. The van der Waals surface area contributed by atoms with Crippen molar-refractivity contribution in [2.24, 2.45) is 0 Å². The van der Waals surface area contributed by atoms with Crippen molar-refractivity contribution in [3.63, 3.8) is 0 Å². The first kappa shape index (κ1) is 13.7. The third-order valence-electron chi connectivity index (χ3n) is 1.85. The Hall–Kier alpha value is 0.170. The normalized spacial score (nSPS) is 11.5. The summed E-state index contributed by atoms with van der Waals surface area (Å²) in [5, 5.41) is 17.1. The maximum absolute atomic E-state index is 8.56. The average Bonchev–Trinajstić information content (AvgIpc) is 1.85. The van der Waals surface area contributed by atoms with Crippen molar-refractivity contribution < 1.29 is 27.1 Å². The van der Waals surface area contributed by atoms with Gasteiger partial charge in [-0.05, 0) is 6.92 Å². The number of quaternary nitrogens is 1. The lowest BCUT2D eigenvalue weighted by Crippen LogP contribution is -3.00. The smallest absolute Gasteiger partial charge is 0.156 e. The van der Waals surface area contributed by atoms with Crippen LogP contribution in [0.3, 0.4) is 0 Å². The predicted octanol–water partition coefficient (Wildman–Crippen LogP) is -3.21. The number of aliphatic hydroxyl groups is 2. The summed E-state index contributed by atoms with van der Waals surface area (Å²) >= 11 is 0. The van der Waals surface area contributed by atoms with Gasteiger partial charge in [-0.2, -0.15) is 0 Å². The van der Waals surface area contributed by atoms with Crippen LogP contribution < -0.4 is 12.4 Å². The summed E-state index contributed by atoms with van der Waals surface area (Å²) in [5.74, 6) is 0. The van der Waals surface area contributed by atoms with E-state index in [0.29, 0.717) is 6.42 Å². The number of halogens is 1. The van der Waals surface area contributed by atoms with Crippen LogP contribution in [-0.2, 0) is 0 Å². The van der Waals surface area contributed by atoms with E-state index in [2.05, 4.69) is 21.0 Å². The van der Waals surface area contributed by atoms with E-state index >= 15 is 0 Å². The number of hydrogen-bond donors (Lipinski definition) is 2. The first-order chi connectivity index (χ1) is 4.48. The van der Waals surface area contributed by atoms with Gasteiger partial charge in [-0.1, -0.05) is 0 Å². The fraction of sp³-hybridized carbons (Fsp3) is 1.00. The molecule has 2 N–H and O–H groups in total. The van der Waals surface area contributed by atoms with Gasteiger partial charge in [-0.25, -0.2) is 0 Å². The van der Waals surface area contributed by atoms with Gasteiger partial charge in [0.2, 0.25) is 0 Å². The summed E-state index contributed by atoms with van der Waals surface area (Å²) in [4.78, 5) is 0. The van der Waals surface area contributed by atoms with E-state index in [4.69, 9.17) is 10.2 Å². The first-order valence-electron chi connectivity index (χ1n) is 3.66. The Labute approximate surface area is 74.6 Å². The van der Waals surface area contributed by atoms with Crippen LogP contribution in [0.5, 0.6) is 0 Å². The Balaban J connectivity index is 0. The third-order valence-corrected chi connectivity index (χ3v) is 1.85. The van der Waals surface area contributed by atoms with E-state index < -0.39 is 6.29 Å². The van der Waals surface area contributed by atoms with E-state index in [1.54, 1.807) is 0 Å². The highest BCUT2D eigenvalue weighted by Gasteiger charge is 2.12. The quantitative estimate of drug-likeness (QED) is 0.356. The number of hydrogen-bond acceptors (Lipinski definition) is 2. The summed E-state index contributed by atoms with van der Waals surface area (Å²) in [6.45, 7) is 3.92. The molecular weight excluding hydrogens is 166 g/mol. The zero-order valence-electron chi connectivity index (χ0n) is 7.42. The molecule has 4 heteroatoms. The molecule has 0 amide bonds. The molecule has 0 fully saturated rings. The van der Waals surface area contributed by atoms with Crippen LogP contribution in [0.15, 0.2) is 0 Å². The second kappa shape index (κ2) is 5.77. The zero-order chi connectivity index (χ0) is 8.20. The molecule has 0 heterocycles. The van der Waals surface area contributed by atoms with Crippen molar-refractivity contribution in [1.29, 1.82) is 0 Å². The van der Waals surface area contributed by atoms with Crippen LogP contribution in [-0.4, -0.2) is 48.2 Å². The molecule has 0 aliphatic heterocycles. The van der Waals surface area contributed by atoms with Gasteiger partial charge in [0.25, 0.3) is 0 Å². The number of nitrogens with zero attached hydrogens (tertiary/aromatic N) is 1. The second-order valence-electron chi connectivity index (χ2n) is 3.24. The van der Waals surface area contributed by atoms with Gasteiger partial charge < -0.3 is 27.1 Å². The SMILES string of the molecule is CC[N+](C)(C)CCC(O)O.[Cl-]. The largest absolute Gasteiger partial charge is 1.00 e. The fourth-order valence-electron chi connectivity index (χ4n) is 0.623. The molecule has 0 radical (unpaired) electrons. The Bertz CT molecular complexity index is 96.4. The van der Waals surface area contributed by atoms with Gasteiger partial charge in [0.1, 0.15) is 0 Å². The lowest BCUT2D eigenvalue weighted by molar-refractivity contribution is -0.889. The molecule has 70 valence electrons. The minimum Gasteiger partial charge on any atom is -1.00 e. The van der Waals surface area contributed by atoms with Gasteiger partial charge in [-0.15, -0.1) is 0 Å². The molecule has 0 atom stereocenters. The summed E-state index contributed by atoms with van der Waals surface area (Å²) < 4.78 is 0.845. The third kappa shape index (κ3) is 8.07. The van der Waals surface area contributed by atoms with Gasteiger partial charge >= 0.3 is 0 Å². The minimum atomic E-state index is -1.15. The molecule has 11 heavy (non-hydrogen) atoms. The molecule has 0 saturated heterocycles. The van der Waals surface area contributed by atoms with Crippen molar-refractivity contribution >= 4 is 0 Å². The van der Waals surface area contributed by atoms with E-state index in [-0.39, 0.29) is 12.4 Å². The van der Waals surface area contributed by atoms with Crippen LogP contribution >= 0.6 is 0 Å². The summed E-state index contributed by atoms with van der Waals surface area (Å²) in [5.41, 5.74) is 0. The van der Waals surface area contributed by atoms with E-state index in [9.17, 15) is 0 Å². The topological polar surface area (TPSA) is 40.5 Å². The molecule has 0 unspecified atom stereocenters. The Kier molecular flexibility index (Phi) is 7.21. The maximum Gasteiger partial charge on any atom is 0.156 e. The van der Waals surface area contributed by atoms with Crippen LogP contribution in [0.1, 0.15) is 13.3 Å². The first-order valence-corrected chi connectivity index (χ1v) is 3.66. The van der Waals surface area contributed by atoms with Crippen LogP contribution in [0.2, 0.25) is 0 Å². The molecule has 3 nitrogen and oxygen atoms in total. The Morgan fingerprint density at radius 2 is 1.73 bits per heavy atom. The molecule has 0 bridgehead atoms. The lowest BCUT2D eigenvalue weighted by atomic mass is 10.3. The molecule has 0 rings (SSSR count). The van der Waals surface area contributed by atoms with Crippen molar-refractivity contribution in [3.05, 3.63) is 0 Å². The minimum absolute atomic E-state index is 0. The lowest BCUT2D eigenvalue weighted by Gasteiger charge is -2.28. The van der Waals surface area contributed by atoms with Crippen molar-refractivity contribution in [2.75, 3.05) is 27.2 Å². The number of aliphatic hydroxyl groups excluding tert-OH is 1.